The second-order valence-electron chi connectivity index (χ2n) is 8.40. The van der Waals surface area contributed by atoms with Crippen molar-refractivity contribution in [2.45, 2.75) is 37.5 Å². The molecule has 5 rings (SSSR count). The van der Waals surface area contributed by atoms with Gasteiger partial charge in [0.05, 0.1) is 17.6 Å². The number of aryl methyl sites for hydroxylation is 1. The Morgan fingerprint density at radius 1 is 0.844 bits per heavy atom. The molecule has 2 atom stereocenters. The van der Waals surface area contributed by atoms with E-state index in [4.69, 9.17) is 0 Å². The molecule has 3 aromatic rings. The van der Waals surface area contributed by atoms with Gasteiger partial charge >= 0.3 is 12.2 Å². The third-order valence-electron chi connectivity index (χ3n) is 6.53. The molecule has 3 aromatic carbocycles. The van der Waals surface area contributed by atoms with E-state index >= 15 is 0 Å². The number of alkyl halides is 3. The molecule has 6 heteroatoms. The van der Waals surface area contributed by atoms with E-state index in [0.717, 1.165) is 41.7 Å². The Morgan fingerprint density at radius 3 is 2.16 bits per heavy atom. The molecule has 1 heterocycles. The van der Waals surface area contributed by atoms with Crippen LogP contribution in [0.2, 0.25) is 0 Å². The molecule has 0 fully saturated rings. The monoisotopic (exact) mass is 436 g/mol. The van der Waals surface area contributed by atoms with Crippen LogP contribution in [0.15, 0.2) is 72.8 Å². The molecule has 1 aliphatic carbocycles. The summed E-state index contributed by atoms with van der Waals surface area (Å²) in [5.74, 6) is 0. The van der Waals surface area contributed by atoms with E-state index in [-0.39, 0.29) is 12.1 Å². The molecular formula is C26H23F3N2O. The molecule has 0 spiro atoms. The van der Waals surface area contributed by atoms with Crippen LogP contribution in [-0.4, -0.2) is 17.5 Å². The maximum absolute atomic E-state index is 13.4. The highest BCUT2D eigenvalue weighted by Crippen LogP contribution is 2.38. The Hall–Kier alpha value is -3.28. The number of benzene rings is 3. The number of carbonyl (C=O) groups is 1. The molecule has 2 amide bonds. The van der Waals surface area contributed by atoms with E-state index in [1.54, 1.807) is 4.90 Å². The lowest BCUT2D eigenvalue weighted by atomic mass is 9.88. The summed E-state index contributed by atoms with van der Waals surface area (Å²) >= 11 is 0. The Bertz CT molecular complexity index is 1140. The smallest absolute Gasteiger partial charge is 0.331 e. The SMILES string of the molecule is O=C(NC1CCc2ccccc21)N1CCc2ccccc2[C@H]1c1ccc(C(F)(F)F)cc1. The number of carbonyl (C=O) groups excluding carboxylic acids is 1. The number of amides is 2. The zero-order valence-corrected chi connectivity index (χ0v) is 17.4. The number of rotatable bonds is 2. The van der Waals surface area contributed by atoms with E-state index in [0.29, 0.717) is 18.5 Å². The molecule has 0 aromatic heterocycles. The van der Waals surface area contributed by atoms with E-state index in [9.17, 15) is 18.0 Å². The minimum Gasteiger partial charge on any atom is -0.331 e. The van der Waals surface area contributed by atoms with Gasteiger partial charge in [0, 0.05) is 6.54 Å². The lowest BCUT2D eigenvalue weighted by Crippen LogP contribution is -2.46. The van der Waals surface area contributed by atoms with Crippen LogP contribution >= 0.6 is 0 Å². The first-order valence-corrected chi connectivity index (χ1v) is 10.8. The number of nitrogens with one attached hydrogen (secondary N) is 1. The predicted molar refractivity (Wildman–Crippen MR) is 116 cm³/mol. The van der Waals surface area contributed by atoms with Crippen LogP contribution in [0.5, 0.6) is 0 Å². The van der Waals surface area contributed by atoms with E-state index in [1.165, 1.54) is 17.7 Å². The van der Waals surface area contributed by atoms with Crippen molar-refractivity contribution >= 4 is 6.03 Å². The Balaban J connectivity index is 1.46. The molecule has 1 N–H and O–H groups in total. The Labute approximate surface area is 184 Å². The van der Waals surface area contributed by atoms with Crippen molar-refractivity contribution in [2.24, 2.45) is 0 Å². The summed E-state index contributed by atoms with van der Waals surface area (Å²) in [5, 5.41) is 3.18. The summed E-state index contributed by atoms with van der Waals surface area (Å²) in [6.45, 7) is 0.503. The van der Waals surface area contributed by atoms with Crippen molar-refractivity contribution in [2.75, 3.05) is 6.54 Å². The minimum absolute atomic E-state index is 0.0517. The average molecular weight is 436 g/mol. The lowest BCUT2D eigenvalue weighted by molar-refractivity contribution is -0.137. The normalized spacial score (nSPS) is 19.9. The van der Waals surface area contributed by atoms with Crippen LogP contribution in [-0.2, 0) is 19.0 Å². The number of fused-ring (bicyclic) bond motifs is 2. The molecule has 0 radical (unpaired) electrons. The van der Waals surface area contributed by atoms with Gasteiger partial charge in [0.1, 0.15) is 0 Å². The zero-order valence-electron chi connectivity index (χ0n) is 17.4. The number of urea groups is 1. The van der Waals surface area contributed by atoms with Gasteiger partial charge in [-0.3, -0.25) is 0 Å². The fourth-order valence-corrected chi connectivity index (χ4v) is 4.94. The fraction of sp³-hybridized carbons (Fsp3) is 0.269. The molecule has 2 aliphatic rings. The van der Waals surface area contributed by atoms with Crippen molar-refractivity contribution in [3.8, 4) is 0 Å². The molecule has 0 saturated heterocycles. The molecule has 0 bridgehead atoms. The summed E-state index contributed by atoms with van der Waals surface area (Å²) < 4.78 is 39.2. The van der Waals surface area contributed by atoms with Crippen LogP contribution in [0, 0.1) is 0 Å². The third-order valence-corrected chi connectivity index (χ3v) is 6.53. The van der Waals surface area contributed by atoms with Crippen molar-refractivity contribution in [1.82, 2.24) is 10.2 Å². The van der Waals surface area contributed by atoms with Gasteiger partial charge in [-0.1, -0.05) is 60.7 Å². The van der Waals surface area contributed by atoms with Crippen LogP contribution < -0.4 is 5.32 Å². The highest BCUT2D eigenvalue weighted by molar-refractivity contribution is 5.77. The first kappa shape index (κ1) is 20.6. The minimum atomic E-state index is -4.39. The van der Waals surface area contributed by atoms with E-state index in [1.807, 2.05) is 42.5 Å². The van der Waals surface area contributed by atoms with E-state index in [2.05, 4.69) is 11.4 Å². The van der Waals surface area contributed by atoms with Crippen LogP contribution in [0.1, 0.15) is 51.9 Å². The summed E-state index contributed by atoms with van der Waals surface area (Å²) in [6, 6.07) is 20.4. The van der Waals surface area contributed by atoms with Gasteiger partial charge in [-0.15, -0.1) is 0 Å². The van der Waals surface area contributed by atoms with Crippen LogP contribution in [0.3, 0.4) is 0 Å². The topological polar surface area (TPSA) is 32.3 Å². The third kappa shape index (κ3) is 3.74. The highest BCUT2D eigenvalue weighted by Gasteiger charge is 2.35. The zero-order chi connectivity index (χ0) is 22.3. The fourth-order valence-electron chi connectivity index (χ4n) is 4.94. The van der Waals surface area contributed by atoms with Gasteiger partial charge in [0.2, 0.25) is 0 Å². The second-order valence-corrected chi connectivity index (χ2v) is 8.40. The quantitative estimate of drug-likeness (QED) is 0.521. The summed E-state index contributed by atoms with van der Waals surface area (Å²) in [7, 11) is 0. The maximum Gasteiger partial charge on any atom is 0.416 e. The van der Waals surface area contributed by atoms with Crippen molar-refractivity contribution < 1.29 is 18.0 Å². The molecule has 32 heavy (non-hydrogen) atoms. The maximum atomic E-state index is 13.4. The van der Waals surface area contributed by atoms with Gasteiger partial charge in [-0.05, 0) is 59.2 Å². The molecule has 3 nitrogen and oxygen atoms in total. The van der Waals surface area contributed by atoms with E-state index < -0.39 is 17.8 Å². The standard InChI is InChI=1S/C26H23F3N2O/c27-26(28,29)20-12-9-19(10-13-20)24-22-8-4-2-6-18(22)15-16-31(24)25(32)30-23-14-11-17-5-1-3-7-21(17)23/h1-10,12-13,23-24H,11,14-16H2,(H,30,32)/t23?,24-/m1/s1. The van der Waals surface area contributed by atoms with Gasteiger partial charge in [0.15, 0.2) is 0 Å². The van der Waals surface area contributed by atoms with Crippen molar-refractivity contribution in [1.29, 1.82) is 0 Å². The number of hydrogen-bond donors (Lipinski definition) is 1. The van der Waals surface area contributed by atoms with Gasteiger partial charge in [-0.2, -0.15) is 13.2 Å². The summed E-state index contributed by atoms with van der Waals surface area (Å²) in [4.78, 5) is 15.2. The van der Waals surface area contributed by atoms with Crippen LogP contribution in [0.25, 0.3) is 0 Å². The van der Waals surface area contributed by atoms with Gasteiger partial charge in [0.25, 0.3) is 0 Å². The van der Waals surface area contributed by atoms with Crippen LogP contribution in [0.4, 0.5) is 18.0 Å². The molecule has 164 valence electrons. The van der Waals surface area contributed by atoms with Gasteiger partial charge < -0.3 is 10.2 Å². The lowest BCUT2D eigenvalue weighted by Gasteiger charge is -2.38. The van der Waals surface area contributed by atoms with Gasteiger partial charge in [-0.25, -0.2) is 4.79 Å². The number of halogens is 3. The number of nitrogens with zero attached hydrogens (tertiary/aromatic N) is 1. The highest BCUT2D eigenvalue weighted by atomic mass is 19.4. The average Bonchev–Trinajstić information content (AvgIpc) is 3.20. The molecule has 1 unspecified atom stereocenters. The second kappa shape index (κ2) is 8.01. The summed E-state index contributed by atoms with van der Waals surface area (Å²) in [5.41, 5.74) is 4.45. The largest absolute Gasteiger partial charge is 0.416 e. The first-order chi connectivity index (χ1) is 15.4. The van der Waals surface area contributed by atoms with Crippen molar-refractivity contribution in [3.63, 3.8) is 0 Å². The Morgan fingerprint density at radius 2 is 1.47 bits per heavy atom. The molecular weight excluding hydrogens is 413 g/mol. The molecule has 0 saturated carbocycles. The van der Waals surface area contributed by atoms with Crippen molar-refractivity contribution in [3.05, 3.63) is 106 Å². The first-order valence-electron chi connectivity index (χ1n) is 10.8. The number of hydrogen-bond acceptors (Lipinski definition) is 1. The molecule has 1 aliphatic heterocycles. The summed E-state index contributed by atoms with van der Waals surface area (Å²) in [6.07, 6.45) is -1.91. The Kier molecular flexibility index (Phi) is 5.16. The predicted octanol–water partition coefficient (Wildman–Crippen LogP) is 6.05.